The van der Waals surface area contributed by atoms with Crippen molar-refractivity contribution >= 4 is 40.9 Å². The molecule has 0 aliphatic rings. The van der Waals surface area contributed by atoms with E-state index in [1.807, 2.05) is 24.3 Å². The van der Waals surface area contributed by atoms with E-state index < -0.39 is 5.91 Å². The van der Waals surface area contributed by atoms with Gasteiger partial charge in [-0.05, 0) is 54.6 Å². The summed E-state index contributed by atoms with van der Waals surface area (Å²) in [6, 6.07) is 20.9. The third kappa shape index (κ3) is 6.79. The number of nitrogens with one attached hydrogen (secondary N) is 1. The molecule has 0 unspecified atom stereocenters. The molecule has 33 heavy (non-hydrogen) atoms. The predicted octanol–water partition coefficient (Wildman–Crippen LogP) is 6.13. The molecular formula is C26H18Cl2N2O3. The van der Waals surface area contributed by atoms with Crippen molar-refractivity contribution < 1.29 is 14.3 Å². The Morgan fingerprint density at radius 2 is 1.82 bits per heavy atom. The third-order valence-corrected chi connectivity index (χ3v) is 5.02. The monoisotopic (exact) mass is 476 g/mol. The number of hydrogen-bond donors (Lipinski definition) is 1. The molecule has 1 N–H and O–H groups in total. The first-order chi connectivity index (χ1) is 16.0. The molecule has 0 spiro atoms. The van der Waals surface area contributed by atoms with Crippen molar-refractivity contribution in [2.75, 3.05) is 11.9 Å². The quantitative estimate of drug-likeness (QED) is 0.241. The van der Waals surface area contributed by atoms with Gasteiger partial charge in [0.15, 0.2) is 0 Å². The van der Waals surface area contributed by atoms with Gasteiger partial charge >= 0.3 is 0 Å². The summed E-state index contributed by atoms with van der Waals surface area (Å²) in [6.45, 7) is 0.359. The van der Waals surface area contributed by atoms with Gasteiger partial charge in [0.25, 0.3) is 5.91 Å². The topological polar surface area (TPSA) is 71.3 Å². The fourth-order valence-electron chi connectivity index (χ4n) is 2.80. The first-order valence-electron chi connectivity index (χ1n) is 9.75. The largest absolute Gasteiger partial charge is 0.489 e. The van der Waals surface area contributed by atoms with Gasteiger partial charge in [0.05, 0.1) is 0 Å². The highest BCUT2D eigenvalue weighted by Gasteiger charge is 2.12. The average molecular weight is 477 g/mol. The van der Waals surface area contributed by atoms with Crippen molar-refractivity contribution in [2.45, 2.75) is 6.61 Å². The van der Waals surface area contributed by atoms with Crippen LogP contribution >= 0.6 is 23.2 Å². The summed E-state index contributed by atoms with van der Waals surface area (Å²) >= 11 is 12.2. The van der Waals surface area contributed by atoms with E-state index in [4.69, 9.17) is 39.1 Å². The Hall–Kier alpha value is -3.90. The van der Waals surface area contributed by atoms with Gasteiger partial charge in [-0.25, -0.2) is 0 Å². The molecule has 0 bridgehead atoms. The molecular weight excluding hydrogens is 459 g/mol. The second-order valence-corrected chi connectivity index (χ2v) is 7.55. The predicted molar refractivity (Wildman–Crippen MR) is 130 cm³/mol. The molecule has 0 saturated heterocycles. The Morgan fingerprint density at radius 3 is 2.52 bits per heavy atom. The summed E-state index contributed by atoms with van der Waals surface area (Å²) in [5.74, 6) is 2.81. The molecule has 7 heteroatoms. The number of nitriles is 1. The molecule has 0 radical (unpaired) electrons. The van der Waals surface area contributed by atoms with E-state index in [1.165, 1.54) is 6.08 Å². The number of carbonyl (C=O) groups is 1. The maximum atomic E-state index is 12.6. The number of halogens is 2. The second kappa shape index (κ2) is 11.6. The van der Waals surface area contributed by atoms with Gasteiger partial charge in [0, 0.05) is 26.9 Å². The minimum absolute atomic E-state index is 0.0431. The van der Waals surface area contributed by atoms with Crippen molar-refractivity contribution in [2.24, 2.45) is 0 Å². The molecule has 3 aromatic carbocycles. The van der Waals surface area contributed by atoms with Gasteiger partial charge in [-0.3, -0.25) is 4.79 Å². The van der Waals surface area contributed by atoms with Crippen LogP contribution in [0.5, 0.6) is 11.5 Å². The fraction of sp³-hybridized carbons (Fsp3) is 0.0769. The molecule has 0 saturated carbocycles. The highest BCUT2D eigenvalue weighted by molar-refractivity contribution is 6.31. The summed E-state index contributed by atoms with van der Waals surface area (Å²) in [6.07, 6.45) is 6.63. The first-order valence-corrected chi connectivity index (χ1v) is 10.5. The lowest BCUT2D eigenvalue weighted by atomic mass is 10.1. The summed E-state index contributed by atoms with van der Waals surface area (Å²) in [5, 5.41) is 13.2. The summed E-state index contributed by atoms with van der Waals surface area (Å²) in [5.41, 5.74) is 1.71. The van der Waals surface area contributed by atoms with Crippen LogP contribution in [0.3, 0.4) is 0 Å². The number of terminal acetylenes is 1. The molecule has 0 aliphatic heterocycles. The zero-order valence-electron chi connectivity index (χ0n) is 17.3. The van der Waals surface area contributed by atoms with Gasteiger partial charge in [0.1, 0.15) is 36.4 Å². The smallest absolute Gasteiger partial charge is 0.266 e. The molecule has 0 atom stereocenters. The van der Waals surface area contributed by atoms with Gasteiger partial charge in [-0.1, -0.05) is 47.3 Å². The molecule has 1 amide bonds. The van der Waals surface area contributed by atoms with Crippen LogP contribution in [0.2, 0.25) is 10.0 Å². The summed E-state index contributed by atoms with van der Waals surface area (Å²) in [4.78, 5) is 12.6. The van der Waals surface area contributed by atoms with Crippen molar-refractivity contribution in [3.8, 4) is 29.9 Å². The standard InChI is InChI=1S/C26H18Cl2N2O3/c1-2-13-32-25-12-7-21(27)15-19(25)14-20(16-29)26(31)30-22-8-10-23(11-9-22)33-17-18-5-3-4-6-24(18)28/h1,3-12,14-15H,13,17H2,(H,30,31)/b20-14+. The number of hydrogen-bond acceptors (Lipinski definition) is 4. The lowest BCUT2D eigenvalue weighted by molar-refractivity contribution is -0.112. The number of amides is 1. The van der Waals surface area contributed by atoms with Crippen LogP contribution in [-0.4, -0.2) is 12.5 Å². The number of nitrogens with zero attached hydrogens (tertiary/aromatic N) is 1. The van der Waals surface area contributed by atoms with Crippen molar-refractivity contribution in [3.63, 3.8) is 0 Å². The minimum Gasteiger partial charge on any atom is -0.489 e. The Morgan fingerprint density at radius 1 is 1.06 bits per heavy atom. The van der Waals surface area contributed by atoms with Crippen LogP contribution in [-0.2, 0) is 11.4 Å². The van der Waals surface area contributed by atoms with Gasteiger partial charge in [0.2, 0.25) is 0 Å². The molecule has 0 fully saturated rings. The fourth-order valence-corrected chi connectivity index (χ4v) is 3.17. The number of rotatable bonds is 8. The zero-order chi connectivity index (χ0) is 23.6. The van der Waals surface area contributed by atoms with Gasteiger partial charge in [-0.15, -0.1) is 6.42 Å². The second-order valence-electron chi connectivity index (χ2n) is 6.70. The highest BCUT2D eigenvalue weighted by Crippen LogP contribution is 2.26. The van der Waals surface area contributed by atoms with Crippen LogP contribution in [0.4, 0.5) is 5.69 Å². The molecule has 3 aromatic rings. The molecule has 3 rings (SSSR count). The summed E-state index contributed by atoms with van der Waals surface area (Å²) in [7, 11) is 0. The van der Waals surface area contributed by atoms with Crippen LogP contribution in [0.25, 0.3) is 6.08 Å². The van der Waals surface area contributed by atoms with Crippen molar-refractivity contribution in [3.05, 3.63) is 93.5 Å². The SMILES string of the molecule is C#CCOc1ccc(Cl)cc1/C=C(\C#N)C(=O)Nc1ccc(OCc2ccccc2Cl)cc1. The number of anilines is 1. The Labute approximate surface area is 202 Å². The number of benzene rings is 3. The van der Waals surface area contributed by atoms with Crippen LogP contribution < -0.4 is 14.8 Å². The minimum atomic E-state index is -0.579. The molecule has 0 aliphatic carbocycles. The lowest BCUT2D eigenvalue weighted by Gasteiger charge is -2.10. The molecule has 5 nitrogen and oxygen atoms in total. The van der Waals surface area contributed by atoms with Crippen LogP contribution in [0, 0.1) is 23.7 Å². The van der Waals surface area contributed by atoms with Crippen molar-refractivity contribution in [1.29, 1.82) is 5.26 Å². The Balaban J connectivity index is 1.69. The normalized spacial score (nSPS) is 10.6. The van der Waals surface area contributed by atoms with E-state index in [9.17, 15) is 10.1 Å². The Kier molecular flexibility index (Phi) is 8.38. The maximum absolute atomic E-state index is 12.6. The van der Waals surface area contributed by atoms with Crippen LogP contribution in [0.15, 0.2) is 72.3 Å². The van der Waals surface area contributed by atoms with Crippen molar-refractivity contribution in [1.82, 2.24) is 0 Å². The Bertz CT molecular complexity index is 1260. The summed E-state index contributed by atoms with van der Waals surface area (Å²) < 4.78 is 11.2. The highest BCUT2D eigenvalue weighted by atomic mass is 35.5. The number of ether oxygens (including phenoxy) is 2. The van der Waals surface area contributed by atoms with E-state index >= 15 is 0 Å². The van der Waals surface area contributed by atoms with E-state index in [0.717, 1.165) is 5.56 Å². The number of carbonyl (C=O) groups excluding carboxylic acids is 1. The van der Waals surface area contributed by atoms with E-state index in [0.29, 0.717) is 39.4 Å². The molecule has 0 heterocycles. The molecule has 0 aromatic heterocycles. The van der Waals surface area contributed by atoms with Crippen LogP contribution in [0.1, 0.15) is 11.1 Å². The van der Waals surface area contributed by atoms with Gasteiger partial charge in [-0.2, -0.15) is 5.26 Å². The third-order valence-electron chi connectivity index (χ3n) is 4.41. The molecule has 164 valence electrons. The lowest BCUT2D eigenvalue weighted by Crippen LogP contribution is -2.13. The van der Waals surface area contributed by atoms with E-state index in [1.54, 1.807) is 48.5 Å². The maximum Gasteiger partial charge on any atom is 0.266 e. The average Bonchev–Trinajstić information content (AvgIpc) is 2.82. The first kappa shape index (κ1) is 23.8. The van der Waals surface area contributed by atoms with Gasteiger partial charge < -0.3 is 14.8 Å². The zero-order valence-corrected chi connectivity index (χ0v) is 18.9. The van der Waals surface area contributed by atoms with E-state index in [2.05, 4.69) is 11.2 Å². The van der Waals surface area contributed by atoms with E-state index in [-0.39, 0.29) is 12.2 Å².